The second-order valence-electron chi connectivity index (χ2n) is 6.10. The number of benzene rings is 1. The van der Waals surface area contributed by atoms with E-state index in [1.807, 2.05) is 13.8 Å². The van der Waals surface area contributed by atoms with Crippen LogP contribution in [0.4, 0.5) is 10.1 Å². The molecule has 1 aliphatic carbocycles. The standard InChI is InChI=1S/C17H26FNO2/c1-4-12-7-5-6-8-15(12)21-17-10-16(20-11(2)3)13(18)9-14(17)19/h9-12,15H,4-8,19H2,1-3H3. The van der Waals surface area contributed by atoms with Gasteiger partial charge in [-0.25, -0.2) is 4.39 Å². The van der Waals surface area contributed by atoms with Gasteiger partial charge >= 0.3 is 0 Å². The Hall–Kier alpha value is -1.45. The highest BCUT2D eigenvalue weighted by atomic mass is 19.1. The molecule has 2 N–H and O–H groups in total. The van der Waals surface area contributed by atoms with Crippen LogP contribution in [0.15, 0.2) is 12.1 Å². The van der Waals surface area contributed by atoms with Crippen molar-refractivity contribution in [3.63, 3.8) is 0 Å². The van der Waals surface area contributed by atoms with Crippen LogP contribution in [0.25, 0.3) is 0 Å². The molecule has 1 aliphatic rings. The van der Waals surface area contributed by atoms with Crippen LogP contribution in [-0.2, 0) is 0 Å². The lowest BCUT2D eigenvalue weighted by atomic mass is 9.85. The molecule has 3 nitrogen and oxygen atoms in total. The van der Waals surface area contributed by atoms with E-state index in [2.05, 4.69) is 6.92 Å². The SMILES string of the molecule is CCC1CCCCC1Oc1cc(OC(C)C)c(F)cc1N. The number of hydrogen-bond acceptors (Lipinski definition) is 3. The summed E-state index contributed by atoms with van der Waals surface area (Å²) in [6, 6.07) is 2.88. The Kier molecular flexibility index (Phi) is 5.32. The molecule has 2 atom stereocenters. The van der Waals surface area contributed by atoms with E-state index >= 15 is 0 Å². The normalized spacial score (nSPS) is 22.3. The van der Waals surface area contributed by atoms with Crippen molar-refractivity contribution in [3.05, 3.63) is 17.9 Å². The molecule has 0 heterocycles. The Labute approximate surface area is 126 Å². The molecule has 1 aromatic rings. The zero-order valence-electron chi connectivity index (χ0n) is 13.2. The van der Waals surface area contributed by atoms with Crippen LogP contribution in [0.2, 0.25) is 0 Å². The van der Waals surface area contributed by atoms with Crippen molar-refractivity contribution in [3.8, 4) is 11.5 Å². The van der Waals surface area contributed by atoms with Gasteiger partial charge in [-0.3, -0.25) is 0 Å². The van der Waals surface area contributed by atoms with Crippen molar-refractivity contribution < 1.29 is 13.9 Å². The van der Waals surface area contributed by atoms with Gasteiger partial charge in [0.15, 0.2) is 11.6 Å². The number of anilines is 1. The van der Waals surface area contributed by atoms with Crippen LogP contribution >= 0.6 is 0 Å². The highest BCUT2D eigenvalue weighted by molar-refractivity contribution is 5.56. The smallest absolute Gasteiger partial charge is 0.167 e. The first kappa shape index (κ1) is 15.9. The van der Waals surface area contributed by atoms with E-state index in [4.69, 9.17) is 15.2 Å². The molecular formula is C17H26FNO2. The largest absolute Gasteiger partial charge is 0.488 e. The second kappa shape index (κ2) is 7.01. The number of rotatable bonds is 5. The molecule has 0 aromatic heterocycles. The van der Waals surface area contributed by atoms with Crippen molar-refractivity contribution >= 4 is 5.69 Å². The summed E-state index contributed by atoms with van der Waals surface area (Å²) >= 11 is 0. The molecule has 1 aromatic carbocycles. The summed E-state index contributed by atoms with van der Waals surface area (Å²) in [7, 11) is 0. The summed E-state index contributed by atoms with van der Waals surface area (Å²) in [6.07, 6.45) is 5.85. The molecule has 0 amide bonds. The average molecular weight is 295 g/mol. The highest BCUT2D eigenvalue weighted by Crippen LogP contribution is 2.35. The zero-order valence-corrected chi connectivity index (χ0v) is 13.2. The fourth-order valence-electron chi connectivity index (χ4n) is 2.96. The first-order valence-electron chi connectivity index (χ1n) is 7.93. The lowest BCUT2D eigenvalue weighted by molar-refractivity contribution is 0.0905. The molecule has 0 saturated heterocycles. The van der Waals surface area contributed by atoms with Gasteiger partial charge in [-0.05, 0) is 45.4 Å². The Morgan fingerprint density at radius 3 is 2.62 bits per heavy atom. The van der Waals surface area contributed by atoms with E-state index in [1.165, 1.54) is 25.3 Å². The summed E-state index contributed by atoms with van der Waals surface area (Å²) < 4.78 is 25.4. The topological polar surface area (TPSA) is 44.5 Å². The lowest BCUT2D eigenvalue weighted by Gasteiger charge is -2.31. The fourth-order valence-corrected chi connectivity index (χ4v) is 2.96. The summed E-state index contributed by atoms with van der Waals surface area (Å²) in [6.45, 7) is 5.92. The molecule has 4 heteroatoms. The van der Waals surface area contributed by atoms with E-state index in [9.17, 15) is 4.39 Å². The van der Waals surface area contributed by atoms with Gasteiger partial charge in [0.1, 0.15) is 11.9 Å². The Morgan fingerprint density at radius 2 is 1.95 bits per heavy atom. The Balaban J connectivity index is 2.18. The van der Waals surface area contributed by atoms with Crippen LogP contribution in [-0.4, -0.2) is 12.2 Å². The minimum absolute atomic E-state index is 0.0888. The quantitative estimate of drug-likeness (QED) is 0.811. The van der Waals surface area contributed by atoms with Crippen LogP contribution in [0.1, 0.15) is 52.9 Å². The molecule has 0 bridgehead atoms. The van der Waals surface area contributed by atoms with Crippen LogP contribution in [0.3, 0.4) is 0 Å². The van der Waals surface area contributed by atoms with Gasteiger partial charge in [0, 0.05) is 12.1 Å². The van der Waals surface area contributed by atoms with Gasteiger partial charge in [-0.1, -0.05) is 13.3 Å². The first-order chi connectivity index (χ1) is 10.0. The molecular weight excluding hydrogens is 269 g/mol. The van der Waals surface area contributed by atoms with Crippen molar-refractivity contribution in [1.82, 2.24) is 0 Å². The summed E-state index contributed by atoms with van der Waals surface area (Å²) in [4.78, 5) is 0. The van der Waals surface area contributed by atoms with Crippen molar-refractivity contribution in [1.29, 1.82) is 0 Å². The molecule has 2 unspecified atom stereocenters. The third-order valence-corrected chi connectivity index (χ3v) is 4.07. The van der Waals surface area contributed by atoms with Crippen molar-refractivity contribution in [2.45, 2.75) is 65.1 Å². The molecule has 118 valence electrons. The minimum atomic E-state index is -0.441. The van der Waals surface area contributed by atoms with Gasteiger partial charge in [-0.2, -0.15) is 0 Å². The number of halogens is 1. The summed E-state index contributed by atoms with van der Waals surface area (Å²) in [5.74, 6) is 0.859. The maximum absolute atomic E-state index is 13.9. The van der Waals surface area contributed by atoms with E-state index < -0.39 is 5.82 Å². The molecule has 1 saturated carbocycles. The molecule has 1 fully saturated rings. The molecule has 0 aliphatic heterocycles. The predicted molar refractivity (Wildman–Crippen MR) is 83.2 cm³/mol. The first-order valence-corrected chi connectivity index (χ1v) is 7.93. The number of nitrogen functional groups attached to an aromatic ring is 1. The van der Waals surface area contributed by atoms with Crippen LogP contribution < -0.4 is 15.2 Å². The zero-order chi connectivity index (χ0) is 15.4. The Bertz CT molecular complexity index is 476. The monoisotopic (exact) mass is 295 g/mol. The molecule has 0 radical (unpaired) electrons. The number of ether oxygens (including phenoxy) is 2. The van der Waals surface area contributed by atoms with E-state index in [0.717, 1.165) is 12.8 Å². The predicted octanol–water partition coefficient (Wildman–Crippen LogP) is 4.54. The van der Waals surface area contributed by atoms with E-state index in [0.29, 0.717) is 17.4 Å². The number of nitrogens with two attached hydrogens (primary N) is 1. The van der Waals surface area contributed by atoms with Gasteiger partial charge in [0.25, 0.3) is 0 Å². The van der Waals surface area contributed by atoms with Crippen molar-refractivity contribution in [2.24, 2.45) is 5.92 Å². The maximum Gasteiger partial charge on any atom is 0.167 e. The van der Waals surface area contributed by atoms with Gasteiger partial charge in [-0.15, -0.1) is 0 Å². The van der Waals surface area contributed by atoms with Gasteiger partial charge in [0.2, 0.25) is 0 Å². The van der Waals surface area contributed by atoms with Gasteiger partial charge in [0.05, 0.1) is 11.8 Å². The lowest BCUT2D eigenvalue weighted by Crippen LogP contribution is -2.30. The molecule has 0 spiro atoms. The third-order valence-electron chi connectivity index (χ3n) is 4.07. The fraction of sp³-hybridized carbons (Fsp3) is 0.647. The minimum Gasteiger partial charge on any atom is -0.488 e. The Morgan fingerprint density at radius 1 is 1.24 bits per heavy atom. The van der Waals surface area contributed by atoms with Crippen LogP contribution in [0.5, 0.6) is 11.5 Å². The van der Waals surface area contributed by atoms with Crippen LogP contribution in [0, 0.1) is 11.7 Å². The summed E-state index contributed by atoms with van der Waals surface area (Å²) in [5, 5.41) is 0. The highest BCUT2D eigenvalue weighted by Gasteiger charge is 2.26. The number of hydrogen-bond donors (Lipinski definition) is 1. The third kappa shape index (κ3) is 4.02. The van der Waals surface area contributed by atoms with Crippen molar-refractivity contribution in [2.75, 3.05) is 5.73 Å². The summed E-state index contributed by atoms with van der Waals surface area (Å²) in [5.41, 5.74) is 6.24. The average Bonchev–Trinajstić information content (AvgIpc) is 2.44. The molecule has 2 rings (SSSR count). The van der Waals surface area contributed by atoms with E-state index in [-0.39, 0.29) is 18.0 Å². The maximum atomic E-state index is 13.9. The molecule has 21 heavy (non-hydrogen) atoms. The van der Waals surface area contributed by atoms with Gasteiger partial charge < -0.3 is 15.2 Å². The second-order valence-corrected chi connectivity index (χ2v) is 6.10. The van der Waals surface area contributed by atoms with E-state index in [1.54, 1.807) is 6.07 Å².